The van der Waals surface area contributed by atoms with Crippen molar-refractivity contribution < 1.29 is 14.3 Å². The van der Waals surface area contributed by atoms with Crippen molar-refractivity contribution in [3.63, 3.8) is 0 Å². The second kappa shape index (κ2) is 8.99. The van der Waals surface area contributed by atoms with E-state index in [9.17, 15) is 9.59 Å². The van der Waals surface area contributed by atoms with Crippen molar-refractivity contribution in [3.8, 4) is 0 Å². The van der Waals surface area contributed by atoms with E-state index in [1.165, 1.54) is 11.3 Å². The van der Waals surface area contributed by atoms with Gasteiger partial charge in [0, 0.05) is 23.5 Å². The van der Waals surface area contributed by atoms with E-state index in [-0.39, 0.29) is 17.6 Å². The van der Waals surface area contributed by atoms with Crippen LogP contribution < -0.4 is 10.6 Å². The first-order chi connectivity index (χ1) is 13.0. The predicted octanol–water partition coefficient (Wildman–Crippen LogP) is 3.78. The third-order valence-electron chi connectivity index (χ3n) is 4.20. The van der Waals surface area contributed by atoms with E-state index >= 15 is 0 Å². The lowest BCUT2D eigenvalue weighted by molar-refractivity contribution is -0.130. The third-order valence-corrected chi connectivity index (χ3v) is 5.00. The summed E-state index contributed by atoms with van der Waals surface area (Å²) in [5.41, 5.74) is 0.863. The average molecular weight is 388 g/mol. The van der Waals surface area contributed by atoms with E-state index in [0.717, 1.165) is 25.8 Å². The van der Waals surface area contributed by atoms with Gasteiger partial charge in [-0.1, -0.05) is 44.2 Å². The molecule has 1 saturated carbocycles. The van der Waals surface area contributed by atoms with Crippen molar-refractivity contribution >= 4 is 28.3 Å². The fourth-order valence-corrected chi connectivity index (χ4v) is 3.20. The molecular weight excluding hydrogens is 362 g/mol. The molecule has 1 unspecified atom stereocenters. The topological polar surface area (TPSA) is 80.3 Å². The summed E-state index contributed by atoms with van der Waals surface area (Å²) in [7, 11) is 0. The van der Waals surface area contributed by atoms with Crippen LogP contribution in [0.4, 0.5) is 5.13 Å². The summed E-state index contributed by atoms with van der Waals surface area (Å²) in [6, 6.07) is 9.25. The fraction of sp³-hybridized carbons (Fsp3) is 0.450. The number of carbonyl (C=O) groups is 2. The molecule has 0 aliphatic heterocycles. The van der Waals surface area contributed by atoms with Crippen LogP contribution in [0.1, 0.15) is 55.3 Å². The molecule has 2 aromatic rings. The van der Waals surface area contributed by atoms with E-state index in [0.29, 0.717) is 16.6 Å². The quantitative estimate of drug-likeness (QED) is 0.640. The van der Waals surface area contributed by atoms with Gasteiger partial charge in [-0.05, 0) is 25.2 Å². The molecule has 1 atom stereocenters. The molecule has 2 N–H and O–H groups in total. The van der Waals surface area contributed by atoms with Gasteiger partial charge in [0.2, 0.25) is 6.10 Å². The van der Waals surface area contributed by atoms with E-state index in [4.69, 9.17) is 4.74 Å². The first kappa shape index (κ1) is 19.4. The van der Waals surface area contributed by atoms with Crippen LogP contribution in [-0.4, -0.2) is 29.4 Å². The van der Waals surface area contributed by atoms with Crippen molar-refractivity contribution in [2.24, 2.45) is 5.92 Å². The number of carbonyl (C=O) groups excluding carboxylic acids is 2. The smallest absolute Gasteiger partial charge is 0.359 e. The maximum absolute atomic E-state index is 12.6. The Hall–Kier alpha value is -2.41. The summed E-state index contributed by atoms with van der Waals surface area (Å²) in [5, 5.41) is 8.46. The van der Waals surface area contributed by atoms with Gasteiger partial charge in [-0.15, -0.1) is 11.3 Å². The first-order valence-corrected chi connectivity index (χ1v) is 10.2. The molecule has 0 bridgehead atoms. The van der Waals surface area contributed by atoms with Crippen LogP contribution in [0.3, 0.4) is 0 Å². The predicted molar refractivity (Wildman–Crippen MR) is 106 cm³/mol. The van der Waals surface area contributed by atoms with Gasteiger partial charge in [0.05, 0.1) is 0 Å². The number of ether oxygens (including phenoxy) is 1. The van der Waals surface area contributed by atoms with Crippen molar-refractivity contribution in [1.82, 2.24) is 10.3 Å². The summed E-state index contributed by atoms with van der Waals surface area (Å²) in [6.07, 6.45) is 1.99. The number of nitrogens with zero attached hydrogens (tertiary/aromatic N) is 1. The highest BCUT2D eigenvalue weighted by Crippen LogP contribution is 2.25. The number of hydrogen-bond acceptors (Lipinski definition) is 6. The van der Waals surface area contributed by atoms with E-state index in [1.54, 1.807) is 17.5 Å². The molecule has 3 rings (SSSR count). The normalized spacial score (nSPS) is 14.6. The summed E-state index contributed by atoms with van der Waals surface area (Å²) >= 11 is 1.36. The number of aromatic nitrogens is 1. The molecule has 0 spiro atoms. The average Bonchev–Trinajstić information content (AvgIpc) is 3.34. The number of benzene rings is 1. The number of nitrogens with one attached hydrogen (secondary N) is 2. The SMILES string of the molecule is CC(C)CCNc1nc(C(=O)OC(C(=O)NC2CC2)c2ccccc2)cs1. The highest BCUT2D eigenvalue weighted by Gasteiger charge is 2.31. The molecule has 1 aromatic carbocycles. The zero-order valence-corrected chi connectivity index (χ0v) is 16.4. The minimum atomic E-state index is -0.974. The van der Waals surface area contributed by atoms with Crippen LogP contribution in [0.5, 0.6) is 0 Å². The Morgan fingerprint density at radius 2 is 2.00 bits per heavy atom. The zero-order valence-electron chi connectivity index (χ0n) is 15.6. The highest BCUT2D eigenvalue weighted by molar-refractivity contribution is 7.13. The molecular formula is C20H25N3O3S. The molecule has 0 saturated heterocycles. The van der Waals surface area contributed by atoms with Crippen molar-refractivity contribution in [2.45, 2.75) is 45.3 Å². The molecule has 27 heavy (non-hydrogen) atoms. The van der Waals surface area contributed by atoms with Crippen LogP contribution >= 0.6 is 11.3 Å². The van der Waals surface area contributed by atoms with Gasteiger partial charge in [0.25, 0.3) is 5.91 Å². The Morgan fingerprint density at radius 3 is 2.67 bits per heavy atom. The Labute approximate surface area is 163 Å². The first-order valence-electron chi connectivity index (χ1n) is 9.28. The molecule has 7 heteroatoms. The molecule has 1 amide bonds. The zero-order chi connectivity index (χ0) is 19.2. The van der Waals surface area contributed by atoms with Crippen LogP contribution in [0.15, 0.2) is 35.7 Å². The molecule has 1 fully saturated rings. The summed E-state index contributed by atoms with van der Waals surface area (Å²) < 4.78 is 5.53. The third kappa shape index (κ3) is 5.79. The van der Waals surface area contributed by atoms with Crippen molar-refractivity contribution in [2.75, 3.05) is 11.9 Å². The number of hydrogen-bond donors (Lipinski definition) is 2. The molecule has 1 aliphatic carbocycles. The Kier molecular flexibility index (Phi) is 6.45. The maximum atomic E-state index is 12.6. The molecule has 6 nitrogen and oxygen atoms in total. The standard InChI is InChI=1S/C20H25N3O3S/c1-13(2)10-11-21-20-23-16(12-27-20)19(25)26-17(14-6-4-3-5-7-14)18(24)22-15-8-9-15/h3-7,12-13,15,17H,8-11H2,1-2H3,(H,21,23)(H,22,24). The van der Waals surface area contributed by atoms with Gasteiger partial charge in [-0.2, -0.15) is 0 Å². The number of anilines is 1. The Bertz CT molecular complexity index is 772. The van der Waals surface area contributed by atoms with Crippen molar-refractivity contribution in [3.05, 3.63) is 47.0 Å². The van der Waals surface area contributed by atoms with Crippen LogP contribution in [-0.2, 0) is 9.53 Å². The maximum Gasteiger partial charge on any atom is 0.359 e. The second-order valence-electron chi connectivity index (χ2n) is 7.13. The summed E-state index contributed by atoms with van der Waals surface area (Å²) in [5.74, 6) is -0.288. The van der Waals surface area contributed by atoms with Gasteiger partial charge in [-0.3, -0.25) is 4.79 Å². The van der Waals surface area contributed by atoms with Gasteiger partial charge in [0.1, 0.15) is 0 Å². The minimum Gasteiger partial charge on any atom is -0.443 e. The molecule has 144 valence electrons. The Morgan fingerprint density at radius 1 is 1.26 bits per heavy atom. The minimum absolute atomic E-state index is 0.193. The van der Waals surface area contributed by atoms with Crippen LogP contribution in [0.2, 0.25) is 0 Å². The number of rotatable bonds is 9. The van der Waals surface area contributed by atoms with E-state index in [1.807, 2.05) is 18.2 Å². The van der Waals surface area contributed by atoms with Gasteiger partial charge >= 0.3 is 5.97 Å². The highest BCUT2D eigenvalue weighted by atomic mass is 32.1. The van der Waals surface area contributed by atoms with Crippen LogP contribution in [0.25, 0.3) is 0 Å². The number of amides is 1. The summed E-state index contributed by atoms with van der Waals surface area (Å²) in [6.45, 7) is 5.11. The molecule has 1 aromatic heterocycles. The number of thiazole rings is 1. The van der Waals surface area contributed by atoms with E-state index in [2.05, 4.69) is 29.5 Å². The number of esters is 1. The molecule has 1 heterocycles. The lowest BCUT2D eigenvalue weighted by Gasteiger charge is -2.17. The van der Waals surface area contributed by atoms with Gasteiger partial charge in [0.15, 0.2) is 10.8 Å². The lowest BCUT2D eigenvalue weighted by atomic mass is 10.1. The second-order valence-corrected chi connectivity index (χ2v) is 7.98. The summed E-state index contributed by atoms with van der Waals surface area (Å²) in [4.78, 5) is 29.4. The largest absolute Gasteiger partial charge is 0.443 e. The lowest BCUT2D eigenvalue weighted by Crippen LogP contribution is -2.33. The monoisotopic (exact) mass is 387 g/mol. The van der Waals surface area contributed by atoms with Crippen LogP contribution in [0, 0.1) is 5.92 Å². The van der Waals surface area contributed by atoms with E-state index < -0.39 is 12.1 Å². The molecule has 1 aliphatic rings. The molecule has 0 radical (unpaired) electrons. The Balaban J connectivity index is 1.65. The van der Waals surface area contributed by atoms with Gasteiger partial charge in [-0.25, -0.2) is 9.78 Å². The van der Waals surface area contributed by atoms with Crippen molar-refractivity contribution in [1.29, 1.82) is 0 Å². The van der Waals surface area contributed by atoms with Gasteiger partial charge < -0.3 is 15.4 Å². The fourth-order valence-electron chi connectivity index (χ4n) is 2.49.